The van der Waals surface area contributed by atoms with Crippen molar-refractivity contribution in [3.05, 3.63) is 42.2 Å². The van der Waals surface area contributed by atoms with Crippen molar-refractivity contribution in [3.8, 4) is 16.3 Å². The molecule has 0 saturated carbocycles. The normalized spacial score (nSPS) is 10.6. The number of carboxylic acid groups (broad SMARTS) is 1. The molecule has 0 unspecified atom stereocenters. The van der Waals surface area contributed by atoms with Crippen LogP contribution in [0.5, 0.6) is 5.75 Å². The molecule has 2 heterocycles. The summed E-state index contributed by atoms with van der Waals surface area (Å²) in [7, 11) is 0. The van der Waals surface area contributed by atoms with E-state index >= 15 is 0 Å². The fourth-order valence-electron chi connectivity index (χ4n) is 1.99. The molecule has 0 spiro atoms. The fourth-order valence-corrected chi connectivity index (χ4v) is 2.98. The minimum absolute atomic E-state index is 0.220. The molecular formula is C15H11N3O4S. The van der Waals surface area contributed by atoms with Crippen LogP contribution in [0.2, 0.25) is 0 Å². The molecule has 0 atom stereocenters. The number of amides is 1. The van der Waals surface area contributed by atoms with Crippen LogP contribution in [-0.2, 0) is 4.79 Å². The third-order valence-electron chi connectivity index (χ3n) is 3.04. The minimum atomic E-state index is -1.18. The molecule has 0 aliphatic rings. The van der Waals surface area contributed by atoms with E-state index in [0.29, 0.717) is 15.2 Å². The highest BCUT2D eigenvalue weighted by Gasteiger charge is 2.19. The van der Waals surface area contributed by atoms with Crippen LogP contribution in [0.15, 0.2) is 36.5 Å². The van der Waals surface area contributed by atoms with Gasteiger partial charge in [0.25, 0.3) is 5.91 Å². The highest BCUT2D eigenvalue weighted by atomic mass is 32.1. The number of carbonyl (C=O) groups excluding carboxylic acids is 1. The monoisotopic (exact) mass is 329 g/mol. The standard InChI is InChI=1S/C15H11N3O4S/c19-10(20)7-17-14(22)11-12(21)13-9(6-16-11)18-15(23-13)8-4-2-1-3-5-8/h1-6,21H,7H2,(H,17,22)(H,19,20). The van der Waals surface area contributed by atoms with Gasteiger partial charge in [-0.3, -0.25) is 9.59 Å². The van der Waals surface area contributed by atoms with Gasteiger partial charge in [-0.15, -0.1) is 11.3 Å². The number of nitrogens with zero attached hydrogens (tertiary/aromatic N) is 2. The van der Waals surface area contributed by atoms with Gasteiger partial charge in [0.1, 0.15) is 21.8 Å². The van der Waals surface area contributed by atoms with Gasteiger partial charge in [-0.1, -0.05) is 30.3 Å². The maximum absolute atomic E-state index is 11.9. The molecule has 7 nitrogen and oxygen atoms in total. The molecule has 1 aromatic carbocycles. The van der Waals surface area contributed by atoms with Crippen LogP contribution in [0.3, 0.4) is 0 Å². The molecule has 0 radical (unpaired) electrons. The average Bonchev–Trinajstić information content (AvgIpc) is 2.99. The van der Waals surface area contributed by atoms with Crippen molar-refractivity contribution < 1.29 is 19.8 Å². The van der Waals surface area contributed by atoms with Crippen molar-refractivity contribution in [1.29, 1.82) is 0 Å². The Labute approximate surface area is 134 Å². The average molecular weight is 329 g/mol. The summed E-state index contributed by atoms with van der Waals surface area (Å²) in [6, 6.07) is 9.43. The minimum Gasteiger partial charge on any atom is -0.504 e. The summed E-state index contributed by atoms with van der Waals surface area (Å²) in [5.74, 6) is -2.23. The third-order valence-corrected chi connectivity index (χ3v) is 4.17. The maximum Gasteiger partial charge on any atom is 0.322 e. The zero-order chi connectivity index (χ0) is 16.4. The topological polar surface area (TPSA) is 112 Å². The lowest BCUT2D eigenvalue weighted by atomic mass is 10.2. The van der Waals surface area contributed by atoms with E-state index in [2.05, 4.69) is 15.3 Å². The number of nitrogens with one attached hydrogen (secondary N) is 1. The molecule has 0 saturated heterocycles. The lowest BCUT2D eigenvalue weighted by molar-refractivity contribution is -0.135. The van der Waals surface area contributed by atoms with Crippen LogP contribution in [0, 0.1) is 0 Å². The van der Waals surface area contributed by atoms with Crippen molar-refractivity contribution >= 4 is 33.4 Å². The van der Waals surface area contributed by atoms with E-state index in [0.717, 1.165) is 5.56 Å². The van der Waals surface area contributed by atoms with Crippen LogP contribution in [0.1, 0.15) is 10.5 Å². The Morgan fingerprint density at radius 3 is 2.65 bits per heavy atom. The third kappa shape index (κ3) is 2.97. The SMILES string of the molecule is O=C(O)CNC(=O)c1ncc2nc(-c3ccccc3)sc2c1O. The number of aromatic nitrogens is 2. The number of fused-ring (bicyclic) bond motifs is 1. The smallest absolute Gasteiger partial charge is 0.322 e. The Balaban J connectivity index is 1.99. The Kier molecular flexibility index (Phi) is 3.90. The molecule has 0 aliphatic heterocycles. The number of aliphatic carboxylic acids is 1. The Morgan fingerprint density at radius 1 is 1.22 bits per heavy atom. The molecule has 8 heteroatoms. The summed E-state index contributed by atoms with van der Waals surface area (Å²) in [6.45, 7) is -0.546. The highest BCUT2D eigenvalue weighted by molar-refractivity contribution is 7.22. The number of aromatic hydroxyl groups is 1. The van der Waals surface area contributed by atoms with Crippen molar-refractivity contribution in [2.75, 3.05) is 6.54 Å². The van der Waals surface area contributed by atoms with Crippen molar-refractivity contribution in [2.45, 2.75) is 0 Å². The van der Waals surface area contributed by atoms with Crippen molar-refractivity contribution in [2.24, 2.45) is 0 Å². The van der Waals surface area contributed by atoms with Gasteiger partial charge in [0.05, 0.1) is 6.20 Å². The summed E-state index contributed by atoms with van der Waals surface area (Å²) in [5.41, 5.74) is 1.15. The van der Waals surface area contributed by atoms with Gasteiger partial charge in [-0.05, 0) is 0 Å². The summed E-state index contributed by atoms with van der Waals surface area (Å²) in [5, 5.41) is 21.7. The van der Waals surface area contributed by atoms with Gasteiger partial charge in [-0.25, -0.2) is 9.97 Å². The van der Waals surface area contributed by atoms with Crippen molar-refractivity contribution in [1.82, 2.24) is 15.3 Å². The van der Waals surface area contributed by atoms with Crippen LogP contribution in [-0.4, -0.2) is 38.6 Å². The number of carbonyl (C=O) groups is 2. The van der Waals surface area contributed by atoms with E-state index in [4.69, 9.17) is 5.11 Å². The molecule has 0 bridgehead atoms. The van der Waals surface area contributed by atoms with Crippen LogP contribution < -0.4 is 5.32 Å². The number of carboxylic acids is 1. The van der Waals surface area contributed by atoms with Crippen LogP contribution in [0.25, 0.3) is 20.8 Å². The second-order valence-corrected chi connectivity index (χ2v) is 5.63. The first-order valence-corrected chi connectivity index (χ1v) is 7.42. The molecule has 0 aliphatic carbocycles. The lowest BCUT2D eigenvalue weighted by Crippen LogP contribution is -2.29. The first-order valence-electron chi connectivity index (χ1n) is 6.60. The van der Waals surface area contributed by atoms with Crippen LogP contribution >= 0.6 is 11.3 Å². The second-order valence-electron chi connectivity index (χ2n) is 4.63. The predicted octanol–water partition coefficient (Wildman–Crippen LogP) is 1.88. The number of thiazole rings is 1. The first-order chi connectivity index (χ1) is 11.1. The molecule has 3 rings (SSSR count). The molecule has 2 aromatic heterocycles. The molecule has 116 valence electrons. The Morgan fingerprint density at radius 2 is 1.96 bits per heavy atom. The fraction of sp³-hybridized carbons (Fsp3) is 0.0667. The number of hydrogen-bond donors (Lipinski definition) is 3. The molecule has 23 heavy (non-hydrogen) atoms. The molecule has 3 aromatic rings. The van der Waals surface area contributed by atoms with E-state index in [-0.39, 0.29) is 11.4 Å². The Bertz CT molecular complexity index is 892. The van der Waals surface area contributed by atoms with Gasteiger partial charge in [0.2, 0.25) is 0 Å². The van der Waals surface area contributed by atoms with Crippen LogP contribution in [0.4, 0.5) is 0 Å². The summed E-state index contributed by atoms with van der Waals surface area (Å²) in [4.78, 5) is 30.6. The van der Waals surface area contributed by atoms with Gasteiger partial charge in [0.15, 0.2) is 11.4 Å². The van der Waals surface area contributed by atoms with E-state index in [9.17, 15) is 14.7 Å². The van der Waals surface area contributed by atoms with Crippen molar-refractivity contribution in [3.63, 3.8) is 0 Å². The maximum atomic E-state index is 11.9. The quantitative estimate of drug-likeness (QED) is 0.673. The zero-order valence-corrected chi connectivity index (χ0v) is 12.5. The van der Waals surface area contributed by atoms with E-state index < -0.39 is 18.4 Å². The summed E-state index contributed by atoms with van der Waals surface area (Å²) < 4.78 is 0.430. The molecular weight excluding hydrogens is 318 g/mol. The lowest BCUT2D eigenvalue weighted by Gasteiger charge is -2.03. The number of hydrogen-bond acceptors (Lipinski definition) is 6. The number of rotatable bonds is 4. The van der Waals surface area contributed by atoms with Gasteiger partial charge < -0.3 is 15.5 Å². The molecule has 0 fully saturated rings. The number of pyridine rings is 1. The predicted molar refractivity (Wildman–Crippen MR) is 84.5 cm³/mol. The molecule has 3 N–H and O–H groups in total. The first kappa shape index (κ1) is 14.9. The van der Waals surface area contributed by atoms with E-state index in [1.165, 1.54) is 17.5 Å². The highest BCUT2D eigenvalue weighted by Crippen LogP contribution is 2.36. The molecule has 1 amide bonds. The second kappa shape index (κ2) is 6.01. The summed E-state index contributed by atoms with van der Waals surface area (Å²) >= 11 is 1.24. The summed E-state index contributed by atoms with van der Waals surface area (Å²) in [6.07, 6.45) is 1.38. The zero-order valence-electron chi connectivity index (χ0n) is 11.7. The van der Waals surface area contributed by atoms with Gasteiger partial charge in [0, 0.05) is 5.56 Å². The largest absolute Gasteiger partial charge is 0.504 e. The van der Waals surface area contributed by atoms with E-state index in [1.807, 2.05) is 30.3 Å². The Hall–Kier alpha value is -3.00. The van der Waals surface area contributed by atoms with Gasteiger partial charge in [-0.2, -0.15) is 0 Å². The van der Waals surface area contributed by atoms with Gasteiger partial charge >= 0.3 is 5.97 Å². The van der Waals surface area contributed by atoms with E-state index in [1.54, 1.807) is 0 Å². The number of benzene rings is 1.